The van der Waals surface area contributed by atoms with Crippen molar-refractivity contribution in [3.8, 4) is 0 Å². The van der Waals surface area contributed by atoms with Gasteiger partial charge < -0.3 is 10.6 Å². The molecule has 0 unspecified atom stereocenters. The van der Waals surface area contributed by atoms with Gasteiger partial charge in [0, 0.05) is 23.7 Å². The number of rotatable bonds is 3. The van der Waals surface area contributed by atoms with E-state index in [1.54, 1.807) is 30.3 Å². The first kappa shape index (κ1) is 14.6. The molecule has 2 aromatic carbocycles. The van der Waals surface area contributed by atoms with Gasteiger partial charge >= 0.3 is 0 Å². The first-order valence-electron chi connectivity index (χ1n) is 7.03. The molecule has 0 spiro atoms. The lowest BCUT2D eigenvalue weighted by atomic mass is 10.2. The van der Waals surface area contributed by atoms with Gasteiger partial charge in [-0.1, -0.05) is 24.3 Å². The van der Waals surface area contributed by atoms with Crippen LogP contribution in [0.25, 0.3) is 10.9 Å². The van der Waals surface area contributed by atoms with Crippen LogP contribution in [0.1, 0.15) is 17.4 Å². The molecule has 23 heavy (non-hydrogen) atoms. The highest BCUT2D eigenvalue weighted by Gasteiger charge is 2.10. The van der Waals surface area contributed by atoms with E-state index in [1.807, 2.05) is 24.3 Å². The van der Waals surface area contributed by atoms with Crippen LogP contribution in [0, 0.1) is 0 Å². The molecule has 3 aromatic rings. The Morgan fingerprint density at radius 2 is 1.61 bits per heavy atom. The maximum Gasteiger partial charge on any atom is 0.276 e. The number of carbonyl (C=O) groups excluding carboxylic acids is 2. The fraction of sp³-hybridized carbons (Fsp3) is 0.0588. The molecule has 0 fully saturated rings. The van der Waals surface area contributed by atoms with Gasteiger partial charge in [-0.3, -0.25) is 9.59 Å². The lowest BCUT2D eigenvalue weighted by Crippen LogP contribution is -2.14. The average molecular weight is 306 g/mol. The smallest absolute Gasteiger partial charge is 0.276 e. The standard InChI is InChI=1S/C17H14N4O2/c1-11(22)18-13-6-4-7-14(10-13)19-17(23)16-9-12-5-2-3-8-15(12)20-21-16/h2-10H,1H3,(H,18,22)(H,19,23). The summed E-state index contributed by atoms with van der Waals surface area (Å²) < 4.78 is 0. The number of fused-ring (bicyclic) bond motifs is 1. The van der Waals surface area contributed by atoms with Crippen molar-refractivity contribution < 1.29 is 9.59 Å². The molecule has 2 N–H and O–H groups in total. The average Bonchev–Trinajstić information content (AvgIpc) is 2.54. The number of nitrogens with zero attached hydrogens (tertiary/aromatic N) is 2. The van der Waals surface area contributed by atoms with Gasteiger partial charge in [-0.15, -0.1) is 10.2 Å². The van der Waals surface area contributed by atoms with E-state index >= 15 is 0 Å². The monoisotopic (exact) mass is 306 g/mol. The zero-order chi connectivity index (χ0) is 16.2. The van der Waals surface area contributed by atoms with Crippen molar-refractivity contribution in [2.75, 3.05) is 10.6 Å². The summed E-state index contributed by atoms with van der Waals surface area (Å²) in [7, 11) is 0. The second-order valence-corrected chi connectivity index (χ2v) is 5.00. The van der Waals surface area contributed by atoms with Crippen LogP contribution in [0.3, 0.4) is 0 Å². The molecule has 0 atom stereocenters. The highest BCUT2D eigenvalue weighted by Crippen LogP contribution is 2.16. The van der Waals surface area contributed by atoms with Crippen LogP contribution in [0.2, 0.25) is 0 Å². The zero-order valence-corrected chi connectivity index (χ0v) is 12.4. The second kappa shape index (κ2) is 6.23. The van der Waals surface area contributed by atoms with Crippen molar-refractivity contribution in [1.29, 1.82) is 0 Å². The van der Waals surface area contributed by atoms with E-state index in [1.165, 1.54) is 6.92 Å². The Balaban J connectivity index is 1.81. The summed E-state index contributed by atoms with van der Waals surface area (Å²) >= 11 is 0. The second-order valence-electron chi connectivity index (χ2n) is 5.00. The van der Waals surface area contributed by atoms with E-state index in [-0.39, 0.29) is 17.5 Å². The van der Waals surface area contributed by atoms with Gasteiger partial charge in [-0.25, -0.2) is 0 Å². The quantitative estimate of drug-likeness (QED) is 0.779. The van der Waals surface area contributed by atoms with Crippen LogP contribution in [0.4, 0.5) is 11.4 Å². The lowest BCUT2D eigenvalue weighted by Gasteiger charge is -2.07. The van der Waals surface area contributed by atoms with Crippen LogP contribution in [0.5, 0.6) is 0 Å². The molecule has 0 aliphatic heterocycles. The van der Waals surface area contributed by atoms with Crippen molar-refractivity contribution in [3.63, 3.8) is 0 Å². The van der Waals surface area contributed by atoms with Crippen molar-refractivity contribution in [1.82, 2.24) is 10.2 Å². The summed E-state index contributed by atoms with van der Waals surface area (Å²) in [5.41, 5.74) is 2.14. The fourth-order valence-electron chi connectivity index (χ4n) is 2.17. The molecule has 3 rings (SSSR count). The minimum absolute atomic E-state index is 0.172. The Morgan fingerprint density at radius 3 is 2.39 bits per heavy atom. The summed E-state index contributed by atoms with van der Waals surface area (Å²) in [6.45, 7) is 1.43. The molecule has 0 aliphatic carbocycles. The van der Waals surface area contributed by atoms with Crippen molar-refractivity contribution in [2.45, 2.75) is 6.92 Å². The maximum absolute atomic E-state index is 12.3. The highest BCUT2D eigenvalue weighted by atomic mass is 16.2. The summed E-state index contributed by atoms with van der Waals surface area (Å²) in [5.74, 6) is -0.530. The molecule has 1 aromatic heterocycles. The molecule has 0 aliphatic rings. The molecular weight excluding hydrogens is 292 g/mol. The van der Waals surface area contributed by atoms with Crippen molar-refractivity contribution in [3.05, 3.63) is 60.3 Å². The predicted octanol–water partition coefficient (Wildman–Crippen LogP) is 2.84. The number of hydrogen-bond acceptors (Lipinski definition) is 4. The van der Waals surface area contributed by atoms with Crippen LogP contribution in [-0.2, 0) is 4.79 Å². The van der Waals surface area contributed by atoms with Crippen LogP contribution >= 0.6 is 0 Å². The van der Waals surface area contributed by atoms with Gasteiger partial charge in [0.2, 0.25) is 5.91 Å². The number of amides is 2. The SMILES string of the molecule is CC(=O)Nc1cccc(NC(=O)c2cc3ccccc3nn2)c1. The number of aromatic nitrogens is 2. The summed E-state index contributed by atoms with van der Waals surface area (Å²) in [5, 5.41) is 14.2. The van der Waals surface area contributed by atoms with Crippen LogP contribution in [-0.4, -0.2) is 22.0 Å². The minimum atomic E-state index is -0.358. The Bertz CT molecular complexity index is 892. The fourth-order valence-corrected chi connectivity index (χ4v) is 2.17. The Labute approximate surface area is 132 Å². The minimum Gasteiger partial charge on any atom is -0.326 e. The third-order valence-corrected chi connectivity index (χ3v) is 3.17. The third-order valence-electron chi connectivity index (χ3n) is 3.17. The number of nitrogens with one attached hydrogen (secondary N) is 2. The Hall–Kier alpha value is -3.28. The van der Waals surface area contributed by atoms with Gasteiger partial charge in [0.15, 0.2) is 5.69 Å². The van der Waals surface area contributed by atoms with E-state index < -0.39 is 0 Å². The highest BCUT2D eigenvalue weighted by molar-refractivity contribution is 6.04. The van der Waals surface area contributed by atoms with Gasteiger partial charge in [0.1, 0.15) is 0 Å². The van der Waals surface area contributed by atoms with Crippen molar-refractivity contribution in [2.24, 2.45) is 0 Å². The molecule has 6 heteroatoms. The van der Waals surface area contributed by atoms with Gasteiger partial charge in [-0.2, -0.15) is 0 Å². The number of hydrogen-bond donors (Lipinski definition) is 2. The van der Waals surface area contributed by atoms with Gasteiger partial charge in [0.05, 0.1) is 5.52 Å². The van der Waals surface area contributed by atoms with Gasteiger partial charge in [0.25, 0.3) is 5.91 Å². The lowest BCUT2D eigenvalue weighted by molar-refractivity contribution is -0.114. The van der Waals surface area contributed by atoms with Gasteiger partial charge in [-0.05, 0) is 30.3 Å². The number of carbonyl (C=O) groups is 2. The van der Waals surface area contributed by atoms with E-state index in [4.69, 9.17) is 0 Å². The maximum atomic E-state index is 12.3. The van der Waals surface area contributed by atoms with E-state index in [9.17, 15) is 9.59 Å². The number of anilines is 2. The predicted molar refractivity (Wildman–Crippen MR) is 88.2 cm³/mol. The van der Waals surface area contributed by atoms with Crippen LogP contribution < -0.4 is 10.6 Å². The molecule has 0 bridgehead atoms. The first-order valence-corrected chi connectivity index (χ1v) is 7.03. The molecule has 0 radical (unpaired) electrons. The largest absolute Gasteiger partial charge is 0.326 e. The number of benzene rings is 2. The first-order chi connectivity index (χ1) is 11.1. The normalized spacial score (nSPS) is 10.3. The van der Waals surface area contributed by atoms with Crippen LogP contribution in [0.15, 0.2) is 54.6 Å². The van der Waals surface area contributed by atoms with E-state index in [0.717, 1.165) is 10.9 Å². The zero-order valence-electron chi connectivity index (χ0n) is 12.4. The summed E-state index contributed by atoms with van der Waals surface area (Å²) in [6.07, 6.45) is 0. The van der Waals surface area contributed by atoms with Crippen molar-refractivity contribution >= 4 is 34.1 Å². The third kappa shape index (κ3) is 3.49. The molecule has 0 saturated carbocycles. The molecule has 6 nitrogen and oxygen atoms in total. The molecule has 1 heterocycles. The Morgan fingerprint density at radius 1 is 0.870 bits per heavy atom. The molecular formula is C17H14N4O2. The topological polar surface area (TPSA) is 84.0 Å². The van der Waals surface area contributed by atoms with E-state index in [0.29, 0.717) is 11.4 Å². The summed E-state index contributed by atoms with van der Waals surface area (Å²) in [4.78, 5) is 23.4. The van der Waals surface area contributed by atoms with E-state index in [2.05, 4.69) is 20.8 Å². The molecule has 2 amide bonds. The Kier molecular flexibility index (Phi) is 3.97. The molecule has 0 saturated heterocycles. The molecule has 114 valence electrons. The summed E-state index contributed by atoms with van der Waals surface area (Å²) in [6, 6.07) is 16.0.